The van der Waals surface area contributed by atoms with E-state index in [0.717, 1.165) is 0 Å². The van der Waals surface area contributed by atoms with Crippen molar-refractivity contribution in [3.63, 3.8) is 0 Å². The van der Waals surface area contributed by atoms with Gasteiger partial charge in [-0.2, -0.15) is 0 Å². The second-order valence-corrected chi connectivity index (χ2v) is 5.66. The van der Waals surface area contributed by atoms with Crippen molar-refractivity contribution in [2.75, 3.05) is 16.9 Å². The van der Waals surface area contributed by atoms with Crippen LogP contribution in [0.5, 0.6) is 0 Å². The molecular weight excluding hydrogens is 320 g/mol. The van der Waals surface area contributed by atoms with Crippen LogP contribution in [0.4, 0.5) is 11.4 Å². The van der Waals surface area contributed by atoms with Gasteiger partial charge in [-0.1, -0.05) is 18.7 Å². The number of thioether (sulfide) groups is 1. The zero-order valence-electron chi connectivity index (χ0n) is 12.6. The number of hydrogen-bond donors (Lipinski definition) is 2. The molecule has 1 amide bonds. The van der Waals surface area contributed by atoms with E-state index in [4.69, 9.17) is 5.84 Å². The summed E-state index contributed by atoms with van der Waals surface area (Å²) in [6.45, 7) is 3.60. The van der Waals surface area contributed by atoms with Gasteiger partial charge in [0.15, 0.2) is 5.82 Å². The van der Waals surface area contributed by atoms with Crippen LogP contribution in [0, 0.1) is 17.0 Å². The Labute approximate surface area is 136 Å². The van der Waals surface area contributed by atoms with Crippen molar-refractivity contribution in [2.45, 2.75) is 25.4 Å². The number of benzene rings is 1. The Morgan fingerprint density at radius 2 is 2.22 bits per heavy atom. The summed E-state index contributed by atoms with van der Waals surface area (Å²) in [6.07, 6.45) is 0.651. The van der Waals surface area contributed by atoms with Crippen LogP contribution in [0.25, 0.3) is 0 Å². The SMILES string of the molecule is CCc1nnc(SCC(=O)Nc2ccc([N+](=O)[O-])cc2C)n1N. The molecule has 1 aromatic heterocycles. The maximum absolute atomic E-state index is 12.0. The molecule has 2 aromatic rings. The van der Waals surface area contributed by atoms with Crippen LogP contribution in [0.3, 0.4) is 0 Å². The second kappa shape index (κ2) is 7.09. The van der Waals surface area contributed by atoms with E-state index in [9.17, 15) is 14.9 Å². The van der Waals surface area contributed by atoms with E-state index in [1.807, 2.05) is 6.92 Å². The first-order chi connectivity index (χ1) is 10.9. The molecule has 2 rings (SSSR count). The number of non-ortho nitro benzene ring substituents is 1. The monoisotopic (exact) mass is 336 g/mol. The minimum Gasteiger partial charge on any atom is -0.336 e. The molecule has 3 N–H and O–H groups in total. The first-order valence-electron chi connectivity index (χ1n) is 6.79. The van der Waals surface area contributed by atoms with E-state index >= 15 is 0 Å². The average molecular weight is 336 g/mol. The lowest BCUT2D eigenvalue weighted by molar-refractivity contribution is -0.384. The largest absolute Gasteiger partial charge is 0.336 e. The number of carbonyl (C=O) groups is 1. The number of nitrogens with one attached hydrogen (secondary N) is 1. The number of nitrogens with two attached hydrogens (primary N) is 1. The molecule has 0 radical (unpaired) electrons. The summed E-state index contributed by atoms with van der Waals surface area (Å²) in [5.74, 6) is 6.29. The minimum atomic E-state index is -0.478. The molecule has 122 valence electrons. The van der Waals surface area contributed by atoms with Crippen molar-refractivity contribution in [3.8, 4) is 0 Å². The third-order valence-electron chi connectivity index (χ3n) is 3.08. The number of amides is 1. The van der Waals surface area contributed by atoms with Crippen LogP contribution in [0.1, 0.15) is 18.3 Å². The second-order valence-electron chi connectivity index (χ2n) is 4.72. The Morgan fingerprint density at radius 3 is 2.78 bits per heavy atom. The van der Waals surface area contributed by atoms with E-state index < -0.39 is 4.92 Å². The van der Waals surface area contributed by atoms with Crippen molar-refractivity contribution >= 4 is 29.0 Å². The molecule has 0 saturated heterocycles. The molecule has 1 heterocycles. The van der Waals surface area contributed by atoms with E-state index in [1.165, 1.54) is 34.6 Å². The number of nitro groups is 1. The summed E-state index contributed by atoms with van der Waals surface area (Å²) in [5, 5.41) is 21.7. The van der Waals surface area contributed by atoms with Crippen LogP contribution < -0.4 is 11.2 Å². The average Bonchev–Trinajstić information content (AvgIpc) is 2.87. The van der Waals surface area contributed by atoms with E-state index in [0.29, 0.717) is 28.7 Å². The molecule has 0 aliphatic carbocycles. The van der Waals surface area contributed by atoms with E-state index in [-0.39, 0.29) is 17.3 Å². The molecule has 10 heteroatoms. The van der Waals surface area contributed by atoms with E-state index in [1.54, 1.807) is 6.92 Å². The normalized spacial score (nSPS) is 10.5. The number of hydrogen-bond acceptors (Lipinski definition) is 7. The molecular formula is C13H16N6O3S. The number of nitrogens with zero attached hydrogens (tertiary/aromatic N) is 4. The van der Waals surface area contributed by atoms with Gasteiger partial charge in [-0.3, -0.25) is 14.9 Å². The van der Waals surface area contributed by atoms with Gasteiger partial charge < -0.3 is 11.2 Å². The van der Waals surface area contributed by atoms with Crippen molar-refractivity contribution in [3.05, 3.63) is 39.7 Å². The van der Waals surface area contributed by atoms with Gasteiger partial charge >= 0.3 is 0 Å². The molecule has 0 spiro atoms. The topological polar surface area (TPSA) is 129 Å². The highest BCUT2D eigenvalue weighted by molar-refractivity contribution is 7.99. The van der Waals surface area contributed by atoms with Gasteiger partial charge in [0, 0.05) is 24.2 Å². The number of rotatable bonds is 6. The highest BCUT2D eigenvalue weighted by Crippen LogP contribution is 2.22. The Hall–Kier alpha value is -2.62. The maximum Gasteiger partial charge on any atom is 0.269 e. The van der Waals surface area contributed by atoms with Gasteiger partial charge in [-0.05, 0) is 18.6 Å². The predicted molar refractivity (Wildman–Crippen MR) is 86.7 cm³/mol. The molecule has 23 heavy (non-hydrogen) atoms. The summed E-state index contributed by atoms with van der Waals surface area (Å²) in [4.78, 5) is 22.2. The van der Waals surface area contributed by atoms with Crippen molar-refractivity contribution in [2.24, 2.45) is 0 Å². The van der Waals surface area contributed by atoms with Crippen molar-refractivity contribution < 1.29 is 9.72 Å². The molecule has 0 bridgehead atoms. The molecule has 0 aliphatic heterocycles. The fraction of sp³-hybridized carbons (Fsp3) is 0.308. The number of nitro benzene ring substituents is 1. The quantitative estimate of drug-likeness (QED) is 0.354. The van der Waals surface area contributed by atoms with Gasteiger partial charge in [-0.15, -0.1) is 10.2 Å². The van der Waals surface area contributed by atoms with Crippen LogP contribution in [0.2, 0.25) is 0 Å². The summed E-state index contributed by atoms with van der Waals surface area (Å²) < 4.78 is 1.36. The first-order valence-corrected chi connectivity index (χ1v) is 7.78. The zero-order chi connectivity index (χ0) is 17.0. The highest BCUT2D eigenvalue weighted by Gasteiger charge is 2.13. The lowest BCUT2D eigenvalue weighted by atomic mass is 10.2. The summed E-state index contributed by atoms with van der Waals surface area (Å²) >= 11 is 1.17. The standard InChI is InChI=1S/C13H16N6O3S/c1-3-11-16-17-13(18(11)14)23-7-12(20)15-10-5-4-9(19(21)22)6-8(10)2/h4-6H,3,7,14H2,1-2H3,(H,15,20). The summed E-state index contributed by atoms with van der Waals surface area (Å²) in [5.41, 5.74) is 1.13. The van der Waals surface area contributed by atoms with Gasteiger partial charge in [0.05, 0.1) is 10.7 Å². The molecule has 9 nitrogen and oxygen atoms in total. The van der Waals surface area contributed by atoms with Gasteiger partial charge in [0.25, 0.3) is 5.69 Å². The Balaban J connectivity index is 1.97. The Kier molecular flexibility index (Phi) is 5.16. The lowest BCUT2D eigenvalue weighted by Crippen LogP contribution is -2.17. The van der Waals surface area contributed by atoms with Crippen molar-refractivity contribution in [1.29, 1.82) is 0 Å². The third kappa shape index (κ3) is 3.97. The van der Waals surface area contributed by atoms with Crippen LogP contribution in [0.15, 0.2) is 23.4 Å². The molecule has 1 aromatic carbocycles. The van der Waals surface area contributed by atoms with Gasteiger partial charge in [0.2, 0.25) is 11.1 Å². The number of nitrogen functional groups attached to an aromatic ring is 1. The zero-order valence-corrected chi connectivity index (χ0v) is 13.5. The van der Waals surface area contributed by atoms with Gasteiger partial charge in [0.1, 0.15) is 0 Å². The predicted octanol–water partition coefficient (Wildman–Crippen LogP) is 1.50. The molecule has 0 saturated carbocycles. The Morgan fingerprint density at radius 1 is 1.48 bits per heavy atom. The van der Waals surface area contributed by atoms with Crippen LogP contribution in [-0.4, -0.2) is 31.5 Å². The molecule has 0 atom stereocenters. The summed E-state index contributed by atoms with van der Waals surface area (Å²) in [7, 11) is 0. The molecule has 0 aliphatic rings. The number of anilines is 1. The lowest BCUT2D eigenvalue weighted by Gasteiger charge is -2.08. The Bertz CT molecular complexity index is 745. The van der Waals surface area contributed by atoms with Crippen LogP contribution >= 0.6 is 11.8 Å². The van der Waals surface area contributed by atoms with Crippen LogP contribution in [-0.2, 0) is 11.2 Å². The fourth-order valence-electron chi connectivity index (χ4n) is 1.86. The minimum absolute atomic E-state index is 0.0156. The van der Waals surface area contributed by atoms with Crippen molar-refractivity contribution in [1.82, 2.24) is 14.9 Å². The fourth-order valence-corrected chi connectivity index (χ4v) is 2.54. The molecule has 0 fully saturated rings. The number of aromatic nitrogens is 3. The molecule has 0 unspecified atom stereocenters. The number of aryl methyl sites for hydroxylation is 2. The first kappa shape index (κ1) is 16.7. The third-order valence-corrected chi connectivity index (χ3v) is 4.02. The smallest absolute Gasteiger partial charge is 0.269 e. The summed E-state index contributed by atoms with van der Waals surface area (Å²) in [6, 6.07) is 4.27. The highest BCUT2D eigenvalue weighted by atomic mass is 32.2. The maximum atomic E-state index is 12.0. The van der Waals surface area contributed by atoms with Gasteiger partial charge in [-0.25, -0.2) is 4.68 Å². The number of carbonyl (C=O) groups excluding carboxylic acids is 1. The van der Waals surface area contributed by atoms with E-state index in [2.05, 4.69) is 15.5 Å².